The van der Waals surface area contributed by atoms with E-state index in [2.05, 4.69) is 43.2 Å². The number of hydrogen-bond donors (Lipinski definition) is 1. The van der Waals surface area contributed by atoms with E-state index in [0.717, 1.165) is 57.2 Å². The molecule has 1 aromatic heterocycles. The van der Waals surface area contributed by atoms with Crippen molar-refractivity contribution in [1.82, 2.24) is 15.5 Å². The van der Waals surface area contributed by atoms with Crippen LogP contribution in [0.15, 0.2) is 4.52 Å². The fourth-order valence-electron chi connectivity index (χ4n) is 2.65. The van der Waals surface area contributed by atoms with E-state index in [9.17, 15) is 0 Å². The second kappa shape index (κ2) is 7.36. The molecule has 0 aromatic carbocycles. The Morgan fingerprint density at radius 1 is 1.29 bits per heavy atom. The molecule has 1 aromatic rings. The second-order valence-corrected chi connectivity index (χ2v) is 7.01. The maximum absolute atomic E-state index is 5.48. The average molecular weight is 295 g/mol. The van der Waals surface area contributed by atoms with Gasteiger partial charge in [0.25, 0.3) is 0 Å². The monoisotopic (exact) mass is 295 g/mol. The van der Waals surface area contributed by atoms with Crippen LogP contribution >= 0.6 is 0 Å². The van der Waals surface area contributed by atoms with E-state index < -0.39 is 0 Å². The molecule has 1 aliphatic heterocycles. The maximum Gasteiger partial charge on any atom is 0.228 e. The van der Waals surface area contributed by atoms with Crippen LogP contribution in [0, 0.1) is 5.41 Å². The van der Waals surface area contributed by atoms with Crippen LogP contribution in [0.3, 0.4) is 0 Å². The highest BCUT2D eigenvalue weighted by Gasteiger charge is 2.27. The van der Waals surface area contributed by atoms with Crippen molar-refractivity contribution < 1.29 is 9.26 Å². The van der Waals surface area contributed by atoms with E-state index in [-0.39, 0.29) is 5.41 Å². The molecule has 1 N–H and O–H groups in total. The van der Waals surface area contributed by atoms with Gasteiger partial charge in [0.1, 0.15) is 0 Å². The SMILES string of the molecule is CCCNC(Cc1nc(C2CCOCC2)no1)C(C)(C)C. The molecule has 2 rings (SSSR count). The molecule has 1 aliphatic rings. The normalized spacial score (nSPS) is 18.9. The molecule has 0 aliphatic carbocycles. The predicted octanol–water partition coefficient (Wildman–Crippen LogP) is 2.92. The summed E-state index contributed by atoms with van der Waals surface area (Å²) < 4.78 is 10.9. The van der Waals surface area contributed by atoms with Crippen LogP contribution in [0.4, 0.5) is 0 Å². The van der Waals surface area contributed by atoms with Crippen LogP contribution in [0.1, 0.15) is 64.6 Å². The van der Waals surface area contributed by atoms with Crippen molar-refractivity contribution >= 4 is 0 Å². The molecule has 21 heavy (non-hydrogen) atoms. The Hall–Kier alpha value is -0.940. The Bertz CT molecular complexity index is 419. The molecule has 0 amide bonds. The number of nitrogens with one attached hydrogen (secondary N) is 1. The van der Waals surface area contributed by atoms with Crippen molar-refractivity contribution in [1.29, 1.82) is 0 Å². The van der Waals surface area contributed by atoms with Gasteiger partial charge in [0.05, 0.1) is 0 Å². The molecule has 1 fully saturated rings. The third-order valence-electron chi connectivity index (χ3n) is 4.14. The van der Waals surface area contributed by atoms with Crippen molar-refractivity contribution in [2.75, 3.05) is 19.8 Å². The molecule has 1 saturated heterocycles. The van der Waals surface area contributed by atoms with Crippen molar-refractivity contribution in [2.45, 2.75) is 65.3 Å². The largest absolute Gasteiger partial charge is 0.381 e. The summed E-state index contributed by atoms with van der Waals surface area (Å²) >= 11 is 0. The summed E-state index contributed by atoms with van der Waals surface area (Å²) in [4.78, 5) is 4.62. The fraction of sp³-hybridized carbons (Fsp3) is 0.875. The fourth-order valence-corrected chi connectivity index (χ4v) is 2.65. The topological polar surface area (TPSA) is 60.2 Å². The molecular formula is C16H29N3O2. The minimum Gasteiger partial charge on any atom is -0.381 e. The molecule has 2 heterocycles. The first-order valence-corrected chi connectivity index (χ1v) is 8.14. The van der Waals surface area contributed by atoms with Gasteiger partial charge in [0.15, 0.2) is 5.82 Å². The molecule has 120 valence electrons. The smallest absolute Gasteiger partial charge is 0.228 e. The lowest BCUT2D eigenvalue weighted by atomic mass is 9.84. The van der Waals surface area contributed by atoms with Crippen LogP contribution in [-0.2, 0) is 11.2 Å². The Balaban J connectivity index is 1.98. The molecule has 1 unspecified atom stereocenters. The Morgan fingerprint density at radius 2 is 2.00 bits per heavy atom. The first-order chi connectivity index (χ1) is 10.0. The molecule has 0 radical (unpaired) electrons. The van der Waals surface area contributed by atoms with Crippen LogP contribution in [-0.4, -0.2) is 35.9 Å². The summed E-state index contributed by atoms with van der Waals surface area (Å²) in [5.41, 5.74) is 0.169. The van der Waals surface area contributed by atoms with Gasteiger partial charge in [0.2, 0.25) is 5.89 Å². The van der Waals surface area contributed by atoms with Crippen LogP contribution in [0.5, 0.6) is 0 Å². The lowest BCUT2D eigenvalue weighted by Crippen LogP contribution is -2.42. The quantitative estimate of drug-likeness (QED) is 0.874. The van der Waals surface area contributed by atoms with Crippen molar-refractivity contribution in [2.24, 2.45) is 5.41 Å². The summed E-state index contributed by atoms with van der Waals surface area (Å²) in [5.74, 6) is 2.00. The van der Waals surface area contributed by atoms with Gasteiger partial charge in [-0.3, -0.25) is 0 Å². The van der Waals surface area contributed by atoms with E-state index >= 15 is 0 Å². The van der Waals surface area contributed by atoms with Gasteiger partial charge in [-0.15, -0.1) is 0 Å². The number of ether oxygens (including phenoxy) is 1. The molecule has 5 heteroatoms. The lowest BCUT2D eigenvalue weighted by Gasteiger charge is -2.30. The standard InChI is InChI=1S/C16H29N3O2/c1-5-8-17-13(16(2,3)4)11-14-18-15(19-21-14)12-6-9-20-10-7-12/h12-13,17H,5-11H2,1-4H3. The third kappa shape index (κ3) is 4.78. The highest BCUT2D eigenvalue weighted by molar-refractivity contribution is 4.99. The zero-order chi connectivity index (χ0) is 15.3. The summed E-state index contributed by atoms with van der Waals surface area (Å²) in [6, 6.07) is 0.348. The zero-order valence-corrected chi connectivity index (χ0v) is 13.8. The minimum atomic E-state index is 0.169. The Labute approximate surface area is 127 Å². The van der Waals surface area contributed by atoms with Gasteiger partial charge in [-0.05, 0) is 31.2 Å². The Kier molecular flexibility index (Phi) is 5.76. The summed E-state index contributed by atoms with van der Waals surface area (Å²) in [6.45, 7) is 11.5. The maximum atomic E-state index is 5.48. The molecule has 0 spiro atoms. The predicted molar refractivity (Wildman–Crippen MR) is 82.3 cm³/mol. The van der Waals surface area contributed by atoms with Gasteiger partial charge in [-0.2, -0.15) is 4.98 Å². The van der Waals surface area contributed by atoms with Gasteiger partial charge in [-0.1, -0.05) is 32.9 Å². The number of aromatic nitrogens is 2. The van der Waals surface area contributed by atoms with Crippen LogP contribution in [0.2, 0.25) is 0 Å². The molecule has 0 saturated carbocycles. The molecule has 1 atom stereocenters. The van der Waals surface area contributed by atoms with Gasteiger partial charge in [0, 0.05) is 31.6 Å². The van der Waals surface area contributed by atoms with Crippen molar-refractivity contribution in [3.63, 3.8) is 0 Å². The second-order valence-electron chi connectivity index (χ2n) is 7.01. The highest BCUT2D eigenvalue weighted by atomic mass is 16.5. The lowest BCUT2D eigenvalue weighted by molar-refractivity contribution is 0.0830. The summed E-state index contributed by atoms with van der Waals surface area (Å²) in [5, 5.41) is 7.78. The minimum absolute atomic E-state index is 0.169. The van der Waals surface area contributed by atoms with E-state index in [4.69, 9.17) is 9.26 Å². The van der Waals surface area contributed by atoms with Crippen molar-refractivity contribution in [3.8, 4) is 0 Å². The number of nitrogens with zero attached hydrogens (tertiary/aromatic N) is 2. The van der Waals surface area contributed by atoms with E-state index in [1.54, 1.807) is 0 Å². The van der Waals surface area contributed by atoms with Gasteiger partial charge in [-0.25, -0.2) is 0 Å². The van der Waals surface area contributed by atoms with Gasteiger partial charge < -0.3 is 14.6 Å². The molecule has 5 nitrogen and oxygen atoms in total. The van der Waals surface area contributed by atoms with E-state index in [1.807, 2.05) is 0 Å². The summed E-state index contributed by atoms with van der Waals surface area (Å²) in [7, 11) is 0. The zero-order valence-electron chi connectivity index (χ0n) is 13.8. The molecule has 0 bridgehead atoms. The number of rotatable bonds is 6. The summed E-state index contributed by atoms with van der Waals surface area (Å²) in [6.07, 6.45) is 3.91. The van der Waals surface area contributed by atoms with Crippen LogP contribution < -0.4 is 5.32 Å². The van der Waals surface area contributed by atoms with Crippen LogP contribution in [0.25, 0.3) is 0 Å². The van der Waals surface area contributed by atoms with E-state index in [1.165, 1.54) is 0 Å². The first-order valence-electron chi connectivity index (χ1n) is 8.14. The molecular weight excluding hydrogens is 266 g/mol. The first kappa shape index (κ1) is 16.4. The average Bonchev–Trinajstić information content (AvgIpc) is 2.92. The Morgan fingerprint density at radius 3 is 2.62 bits per heavy atom. The van der Waals surface area contributed by atoms with Crippen molar-refractivity contribution in [3.05, 3.63) is 11.7 Å². The van der Waals surface area contributed by atoms with Gasteiger partial charge >= 0.3 is 0 Å². The van der Waals surface area contributed by atoms with E-state index in [0.29, 0.717) is 12.0 Å². The number of hydrogen-bond acceptors (Lipinski definition) is 5. The highest BCUT2D eigenvalue weighted by Crippen LogP contribution is 2.26. The third-order valence-corrected chi connectivity index (χ3v) is 4.14.